The molecule has 3 N–H and O–H groups in total. The zero-order valence-corrected chi connectivity index (χ0v) is 36.8. The number of anilines is 1. The molecule has 2 saturated carbocycles. The highest BCUT2D eigenvalue weighted by molar-refractivity contribution is 7.91. The number of carbonyl (C=O) groups is 4. The second kappa shape index (κ2) is 16.7. The number of carbonyl (C=O) groups excluding carboxylic acids is 4. The Morgan fingerprint density at radius 2 is 1.76 bits per heavy atom. The lowest BCUT2D eigenvalue weighted by atomic mass is 9.88. The molecule has 0 spiro atoms. The van der Waals surface area contributed by atoms with Gasteiger partial charge in [-0.15, -0.1) is 0 Å². The van der Waals surface area contributed by atoms with E-state index in [1.807, 2.05) is 25.1 Å². The molecule has 7 atom stereocenters. The van der Waals surface area contributed by atoms with E-state index in [-0.39, 0.29) is 31.2 Å². The molecule has 2 aromatic rings. The number of halogens is 3. The first kappa shape index (κ1) is 45.2. The Morgan fingerprint density at radius 1 is 1.05 bits per heavy atom. The van der Waals surface area contributed by atoms with Gasteiger partial charge in [0.1, 0.15) is 35.3 Å². The van der Waals surface area contributed by atoms with E-state index in [0.717, 1.165) is 31.3 Å². The first-order valence-corrected chi connectivity index (χ1v) is 22.9. The van der Waals surface area contributed by atoms with E-state index in [1.54, 1.807) is 39.2 Å². The first-order valence-electron chi connectivity index (χ1n) is 21.4. The Kier molecular flexibility index (Phi) is 12.2. The van der Waals surface area contributed by atoms with Gasteiger partial charge in [0, 0.05) is 30.8 Å². The lowest BCUT2D eigenvalue weighted by Gasteiger charge is -2.34. The molecule has 3 aliphatic heterocycles. The molecule has 340 valence electrons. The highest BCUT2D eigenvalue weighted by Crippen LogP contribution is 2.48. The van der Waals surface area contributed by atoms with Crippen LogP contribution in [0.15, 0.2) is 36.4 Å². The number of alkyl carbamates (subject to hydrolysis) is 1. The van der Waals surface area contributed by atoms with Crippen molar-refractivity contribution < 1.29 is 55.0 Å². The molecule has 5 aliphatic rings. The van der Waals surface area contributed by atoms with Crippen LogP contribution in [0, 0.1) is 17.8 Å². The number of hydrogen-bond donors (Lipinski definition) is 3. The second-order valence-electron chi connectivity index (χ2n) is 18.5. The summed E-state index contributed by atoms with van der Waals surface area (Å²) in [6.07, 6.45) is 0.666. The van der Waals surface area contributed by atoms with E-state index in [9.17, 15) is 40.8 Å². The number of nitrogens with zero attached hydrogens (tertiary/aromatic N) is 3. The molecule has 0 unspecified atom stereocenters. The minimum atomic E-state index is -4.92. The molecule has 4 amide bonds. The number of nitrogens with one attached hydrogen (secondary N) is 3. The van der Waals surface area contributed by atoms with Crippen LogP contribution in [0.3, 0.4) is 0 Å². The predicted molar refractivity (Wildman–Crippen MR) is 223 cm³/mol. The van der Waals surface area contributed by atoms with E-state index < -0.39 is 85.9 Å². The van der Waals surface area contributed by atoms with Crippen molar-refractivity contribution in [1.82, 2.24) is 25.2 Å². The molecule has 0 bridgehead atoms. The minimum absolute atomic E-state index is 0.0396. The number of rotatable bonds is 9. The summed E-state index contributed by atoms with van der Waals surface area (Å²) in [7, 11) is -2.53. The highest BCUT2D eigenvalue weighted by atomic mass is 32.2. The summed E-state index contributed by atoms with van der Waals surface area (Å²) in [5.41, 5.74) is -4.54. The molecule has 2 aliphatic carbocycles. The van der Waals surface area contributed by atoms with Crippen molar-refractivity contribution >= 4 is 50.4 Å². The molecular formula is C43H57F3N6O9S. The lowest BCUT2D eigenvalue weighted by molar-refractivity contribution is -0.244. The first-order chi connectivity index (χ1) is 29.1. The summed E-state index contributed by atoms with van der Waals surface area (Å²) in [6, 6.07) is 4.59. The van der Waals surface area contributed by atoms with Gasteiger partial charge in [0.05, 0.1) is 18.4 Å². The van der Waals surface area contributed by atoms with Crippen molar-refractivity contribution in [3.8, 4) is 11.6 Å². The molecule has 4 heterocycles. The number of hydrogen-bond acceptors (Lipinski definition) is 11. The molecule has 1 aromatic heterocycles. The van der Waals surface area contributed by atoms with Crippen LogP contribution in [0.2, 0.25) is 0 Å². The summed E-state index contributed by atoms with van der Waals surface area (Å²) in [5, 5.41) is 6.66. The fraction of sp³-hybridized carbons (Fsp3) is 0.651. The molecule has 15 nitrogen and oxygen atoms in total. The Labute approximate surface area is 359 Å². The maximum absolute atomic E-state index is 14.9. The Morgan fingerprint density at radius 3 is 2.42 bits per heavy atom. The van der Waals surface area contributed by atoms with Gasteiger partial charge >= 0.3 is 12.3 Å². The molecule has 19 heteroatoms. The van der Waals surface area contributed by atoms with Crippen LogP contribution in [-0.2, 0) is 29.1 Å². The number of alkyl halides is 3. The second-order valence-corrected chi connectivity index (χ2v) is 20.7. The third kappa shape index (κ3) is 9.14. The van der Waals surface area contributed by atoms with E-state index in [4.69, 9.17) is 19.2 Å². The Balaban J connectivity index is 1.25. The zero-order chi connectivity index (χ0) is 45.0. The SMILES string of the molecule is COc1ccc2c(O[C@@H]3C[C@H]4C(=O)N[C@]5(C(=O)NS(=O)(=O)C6(C)CC6)C[C@H]5/C=C\CC[C@@H](C)C[C@@H](C)[C@H](NC(=O)OC(C)(C)C(F)(F)F)C(=O)N4C3)nc(N3CCCC3)cc2c1. The van der Waals surface area contributed by atoms with Crippen molar-refractivity contribution in [2.45, 2.75) is 133 Å². The van der Waals surface area contributed by atoms with Gasteiger partial charge in [0.25, 0.3) is 5.91 Å². The van der Waals surface area contributed by atoms with Crippen molar-refractivity contribution in [3.63, 3.8) is 0 Å². The molecular weight excluding hydrogens is 834 g/mol. The van der Waals surface area contributed by atoms with Gasteiger partial charge in [-0.1, -0.05) is 26.0 Å². The van der Waals surface area contributed by atoms with Gasteiger partial charge in [-0.2, -0.15) is 18.2 Å². The summed E-state index contributed by atoms with van der Waals surface area (Å²) in [5.74, 6) is -2.14. The van der Waals surface area contributed by atoms with Crippen molar-refractivity contribution in [2.75, 3.05) is 31.6 Å². The van der Waals surface area contributed by atoms with Crippen LogP contribution in [0.1, 0.15) is 92.4 Å². The molecule has 7 rings (SSSR count). The van der Waals surface area contributed by atoms with Crippen LogP contribution >= 0.6 is 0 Å². The minimum Gasteiger partial charge on any atom is -0.497 e. The molecule has 0 radical (unpaired) electrons. The van der Waals surface area contributed by atoms with Crippen LogP contribution < -0.4 is 29.7 Å². The number of ether oxygens (including phenoxy) is 3. The van der Waals surface area contributed by atoms with Crippen LogP contribution in [0.4, 0.5) is 23.8 Å². The van der Waals surface area contributed by atoms with Crippen molar-refractivity contribution in [1.29, 1.82) is 0 Å². The van der Waals surface area contributed by atoms with Crippen LogP contribution in [0.25, 0.3) is 10.8 Å². The maximum Gasteiger partial charge on any atom is 0.427 e. The normalized spacial score (nSPS) is 29.6. The molecule has 4 fully saturated rings. The van der Waals surface area contributed by atoms with Gasteiger partial charge in [0.15, 0.2) is 0 Å². The van der Waals surface area contributed by atoms with E-state index >= 15 is 0 Å². The standard InChI is InChI=1S/C43H57F3N6O9S/c1-25-11-7-8-12-28-23-42(28,38(55)50-62(57,58)41(5)15-16-41)49-35(53)32-22-30(24-52(32)37(54)34(26(2)19-25)48-39(56)61-40(3,4)43(44,45)46)60-36-31-14-13-29(59-6)20-27(31)21-33(47-36)51-17-9-10-18-51/h8,12-14,20-21,25-26,28,30,32,34H,7,9-11,15-19,22-24H2,1-6H3,(H,48,56)(H,49,53)(H,50,55)/b12-8-/t25-,26-,28-,30-,32+,34+,42-/m1/s1. The number of pyridine rings is 1. The summed E-state index contributed by atoms with van der Waals surface area (Å²) < 4.78 is 86.1. The number of methoxy groups -OCH3 is 1. The molecule has 62 heavy (non-hydrogen) atoms. The topological polar surface area (TPSA) is 186 Å². The number of benzene rings is 1. The monoisotopic (exact) mass is 890 g/mol. The lowest BCUT2D eigenvalue weighted by Crippen LogP contribution is -2.59. The Bertz CT molecular complexity index is 2230. The summed E-state index contributed by atoms with van der Waals surface area (Å²) in [6.45, 7) is 7.96. The van der Waals surface area contributed by atoms with Gasteiger partial charge < -0.3 is 34.6 Å². The third-order valence-electron chi connectivity index (χ3n) is 13.3. The maximum atomic E-state index is 14.9. The average molecular weight is 891 g/mol. The van der Waals surface area contributed by atoms with Gasteiger partial charge in [-0.25, -0.2) is 13.2 Å². The number of amides is 4. The van der Waals surface area contributed by atoms with Crippen molar-refractivity contribution in [3.05, 3.63) is 36.4 Å². The van der Waals surface area contributed by atoms with E-state index in [0.29, 0.717) is 62.9 Å². The van der Waals surface area contributed by atoms with Crippen LogP contribution in [0.5, 0.6) is 11.6 Å². The number of sulfonamides is 1. The fourth-order valence-electron chi connectivity index (χ4n) is 8.72. The van der Waals surface area contributed by atoms with Gasteiger partial charge in [-0.3, -0.25) is 19.1 Å². The number of allylic oxidation sites excluding steroid dienone is 1. The summed E-state index contributed by atoms with van der Waals surface area (Å²) in [4.78, 5) is 65.1. The van der Waals surface area contributed by atoms with Crippen LogP contribution in [-0.4, -0.2) is 109 Å². The molecule has 2 saturated heterocycles. The smallest absolute Gasteiger partial charge is 0.427 e. The fourth-order valence-corrected chi connectivity index (χ4v) is 10.0. The van der Waals surface area contributed by atoms with Gasteiger partial charge in [-0.05, 0) is 114 Å². The van der Waals surface area contributed by atoms with Gasteiger partial charge in [0.2, 0.25) is 33.3 Å². The molecule has 1 aromatic carbocycles. The average Bonchev–Trinajstić information content (AvgIpc) is 3.94. The number of aromatic nitrogens is 1. The van der Waals surface area contributed by atoms with E-state index in [2.05, 4.69) is 20.3 Å². The number of fused-ring (bicyclic) bond motifs is 3. The predicted octanol–water partition coefficient (Wildman–Crippen LogP) is 5.51. The summed E-state index contributed by atoms with van der Waals surface area (Å²) >= 11 is 0. The largest absolute Gasteiger partial charge is 0.497 e. The zero-order valence-electron chi connectivity index (χ0n) is 36.0. The van der Waals surface area contributed by atoms with Crippen molar-refractivity contribution in [2.24, 2.45) is 17.8 Å². The highest BCUT2D eigenvalue weighted by Gasteiger charge is 2.63. The quantitative estimate of drug-likeness (QED) is 0.270. The Hall–Kier alpha value is -4.81. The third-order valence-corrected chi connectivity index (χ3v) is 15.4. The van der Waals surface area contributed by atoms with E-state index in [1.165, 1.54) is 4.90 Å².